The van der Waals surface area contributed by atoms with Gasteiger partial charge in [0.2, 0.25) is 5.91 Å². The summed E-state index contributed by atoms with van der Waals surface area (Å²) >= 11 is 2.65. The van der Waals surface area contributed by atoms with E-state index in [1.54, 1.807) is 17.5 Å². The summed E-state index contributed by atoms with van der Waals surface area (Å²) in [6.07, 6.45) is 1.74. The molecule has 0 aliphatic heterocycles. The summed E-state index contributed by atoms with van der Waals surface area (Å²) in [5, 5.41) is 14.1. The Morgan fingerprint density at radius 3 is 2.94 bits per heavy atom. The predicted octanol–water partition coefficient (Wildman–Crippen LogP) is 1.18. The standard InChI is InChI=1S/C10H14N2O3S2/c1-7(10-11-2-3-17-10)4-12-8(13)5-16-6-9(14)15/h2-3,7H,4-6H2,1H3,(H,12,13)(H,14,15). The number of aromatic nitrogens is 1. The van der Waals surface area contributed by atoms with Crippen LogP contribution in [0.25, 0.3) is 0 Å². The fourth-order valence-electron chi connectivity index (χ4n) is 1.11. The van der Waals surface area contributed by atoms with Crippen LogP contribution in [0.15, 0.2) is 11.6 Å². The third-order valence-corrected chi connectivity index (χ3v) is 3.86. The number of carboxylic acids is 1. The van der Waals surface area contributed by atoms with E-state index in [9.17, 15) is 9.59 Å². The maximum absolute atomic E-state index is 11.4. The minimum Gasteiger partial charge on any atom is -0.481 e. The normalized spacial score (nSPS) is 12.1. The van der Waals surface area contributed by atoms with Crippen LogP contribution >= 0.6 is 23.1 Å². The van der Waals surface area contributed by atoms with Crippen LogP contribution in [0.1, 0.15) is 17.8 Å². The van der Waals surface area contributed by atoms with E-state index >= 15 is 0 Å². The fraction of sp³-hybridized carbons (Fsp3) is 0.500. The number of hydrogen-bond donors (Lipinski definition) is 2. The molecule has 1 rings (SSSR count). The molecular weight excluding hydrogens is 260 g/mol. The minimum absolute atomic E-state index is 0.0462. The molecule has 1 atom stereocenters. The van der Waals surface area contributed by atoms with E-state index in [2.05, 4.69) is 10.3 Å². The zero-order valence-electron chi connectivity index (χ0n) is 9.38. The van der Waals surface area contributed by atoms with Gasteiger partial charge >= 0.3 is 5.97 Å². The number of nitrogens with zero attached hydrogens (tertiary/aromatic N) is 1. The van der Waals surface area contributed by atoms with Gasteiger partial charge in [-0.15, -0.1) is 23.1 Å². The molecule has 1 heterocycles. The second kappa shape index (κ2) is 7.29. The zero-order chi connectivity index (χ0) is 12.7. The minimum atomic E-state index is -0.904. The van der Waals surface area contributed by atoms with Crippen molar-refractivity contribution in [3.05, 3.63) is 16.6 Å². The number of rotatable bonds is 7. The lowest BCUT2D eigenvalue weighted by Gasteiger charge is -2.09. The van der Waals surface area contributed by atoms with Gasteiger partial charge in [-0.1, -0.05) is 6.92 Å². The molecule has 0 radical (unpaired) electrons. The van der Waals surface area contributed by atoms with Crippen molar-refractivity contribution < 1.29 is 14.7 Å². The van der Waals surface area contributed by atoms with Crippen molar-refractivity contribution >= 4 is 35.0 Å². The van der Waals surface area contributed by atoms with E-state index in [-0.39, 0.29) is 23.3 Å². The Labute approximate surface area is 108 Å². The summed E-state index contributed by atoms with van der Waals surface area (Å²) in [6, 6.07) is 0. The number of thioether (sulfide) groups is 1. The van der Waals surface area contributed by atoms with E-state index in [0.29, 0.717) is 6.54 Å². The van der Waals surface area contributed by atoms with E-state index < -0.39 is 5.97 Å². The summed E-state index contributed by atoms with van der Waals surface area (Å²) in [7, 11) is 0. The topological polar surface area (TPSA) is 79.3 Å². The largest absolute Gasteiger partial charge is 0.481 e. The first-order valence-electron chi connectivity index (χ1n) is 5.05. The van der Waals surface area contributed by atoms with E-state index in [0.717, 1.165) is 16.8 Å². The number of carbonyl (C=O) groups is 2. The van der Waals surface area contributed by atoms with Gasteiger partial charge in [0, 0.05) is 24.0 Å². The van der Waals surface area contributed by atoms with Crippen LogP contribution in [0, 0.1) is 0 Å². The van der Waals surface area contributed by atoms with Gasteiger partial charge in [0.05, 0.1) is 16.5 Å². The Kier molecular flexibility index (Phi) is 5.99. The van der Waals surface area contributed by atoms with E-state index in [4.69, 9.17) is 5.11 Å². The van der Waals surface area contributed by atoms with Gasteiger partial charge in [-0.05, 0) is 0 Å². The molecule has 1 aromatic rings. The van der Waals surface area contributed by atoms with Crippen LogP contribution in [-0.2, 0) is 9.59 Å². The molecule has 1 unspecified atom stereocenters. The number of amides is 1. The Balaban J connectivity index is 2.17. The molecule has 1 aromatic heterocycles. The van der Waals surface area contributed by atoms with Crippen molar-refractivity contribution in [1.29, 1.82) is 0 Å². The highest BCUT2D eigenvalue weighted by Crippen LogP contribution is 2.16. The van der Waals surface area contributed by atoms with Gasteiger partial charge in [-0.25, -0.2) is 4.98 Å². The average Bonchev–Trinajstić information content (AvgIpc) is 2.78. The molecule has 7 heteroatoms. The lowest BCUT2D eigenvalue weighted by molar-refractivity contribution is -0.133. The van der Waals surface area contributed by atoms with Crippen molar-refractivity contribution in [3.63, 3.8) is 0 Å². The van der Waals surface area contributed by atoms with E-state index in [1.165, 1.54) is 0 Å². The van der Waals surface area contributed by atoms with Gasteiger partial charge in [-0.2, -0.15) is 0 Å². The lowest BCUT2D eigenvalue weighted by Crippen LogP contribution is -2.29. The zero-order valence-corrected chi connectivity index (χ0v) is 11.0. The highest BCUT2D eigenvalue weighted by Gasteiger charge is 2.10. The molecule has 0 saturated heterocycles. The maximum Gasteiger partial charge on any atom is 0.313 e. The maximum atomic E-state index is 11.4. The van der Waals surface area contributed by atoms with Crippen LogP contribution in [-0.4, -0.2) is 40.0 Å². The van der Waals surface area contributed by atoms with Gasteiger partial charge in [0.15, 0.2) is 0 Å². The summed E-state index contributed by atoms with van der Waals surface area (Å²) in [4.78, 5) is 25.8. The Bertz CT molecular complexity index is 368. The molecule has 17 heavy (non-hydrogen) atoms. The van der Waals surface area contributed by atoms with Gasteiger partial charge in [0.25, 0.3) is 0 Å². The molecule has 1 amide bonds. The summed E-state index contributed by atoms with van der Waals surface area (Å²) in [5.74, 6) is -0.728. The van der Waals surface area contributed by atoms with E-state index in [1.807, 2.05) is 12.3 Å². The second-order valence-electron chi connectivity index (χ2n) is 3.46. The number of thiazole rings is 1. The molecular formula is C10H14N2O3S2. The number of carbonyl (C=O) groups excluding carboxylic acids is 1. The number of carboxylic acid groups (broad SMARTS) is 1. The Morgan fingerprint density at radius 2 is 2.35 bits per heavy atom. The molecule has 0 fully saturated rings. The van der Waals surface area contributed by atoms with Gasteiger partial charge < -0.3 is 10.4 Å². The average molecular weight is 274 g/mol. The van der Waals surface area contributed by atoms with Crippen molar-refractivity contribution in [1.82, 2.24) is 10.3 Å². The van der Waals surface area contributed by atoms with Crippen molar-refractivity contribution in [2.24, 2.45) is 0 Å². The number of hydrogen-bond acceptors (Lipinski definition) is 5. The van der Waals surface area contributed by atoms with Crippen LogP contribution < -0.4 is 5.32 Å². The third kappa shape index (κ3) is 5.69. The molecule has 94 valence electrons. The third-order valence-electron chi connectivity index (χ3n) is 1.94. The van der Waals surface area contributed by atoms with Crippen molar-refractivity contribution in [2.75, 3.05) is 18.1 Å². The van der Waals surface area contributed by atoms with Crippen LogP contribution in [0.3, 0.4) is 0 Å². The summed E-state index contributed by atoms with van der Waals surface area (Å²) in [5.41, 5.74) is 0. The molecule has 0 aromatic carbocycles. The highest BCUT2D eigenvalue weighted by atomic mass is 32.2. The first-order valence-corrected chi connectivity index (χ1v) is 7.08. The first kappa shape index (κ1) is 14.0. The van der Waals surface area contributed by atoms with Gasteiger partial charge in [-0.3, -0.25) is 9.59 Å². The molecule has 2 N–H and O–H groups in total. The van der Waals surface area contributed by atoms with Crippen LogP contribution in [0.5, 0.6) is 0 Å². The van der Waals surface area contributed by atoms with Crippen LogP contribution in [0.4, 0.5) is 0 Å². The smallest absolute Gasteiger partial charge is 0.313 e. The second-order valence-corrected chi connectivity index (χ2v) is 5.37. The van der Waals surface area contributed by atoms with Crippen molar-refractivity contribution in [2.45, 2.75) is 12.8 Å². The molecule has 0 saturated carbocycles. The SMILES string of the molecule is CC(CNC(=O)CSCC(=O)O)c1nccs1. The highest BCUT2D eigenvalue weighted by molar-refractivity contribution is 8.00. The summed E-state index contributed by atoms with van der Waals surface area (Å²) in [6.45, 7) is 2.52. The quantitative estimate of drug-likeness (QED) is 0.780. The van der Waals surface area contributed by atoms with Crippen LogP contribution in [0.2, 0.25) is 0 Å². The molecule has 0 aliphatic rings. The number of aliphatic carboxylic acids is 1. The molecule has 0 bridgehead atoms. The monoisotopic (exact) mass is 274 g/mol. The fourth-order valence-corrected chi connectivity index (χ4v) is 2.38. The molecule has 0 aliphatic carbocycles. The Hall–Kier alpha value is -1.08. The first-order chi connectivity index (χ1) is 8.09. The van der Waals surface area contributed by atoms with Crippen molar-refractivity contribution in [3.8, 4) is 0 Å². The molecule has 0 spiro atoms. The molecule has 5 nitrogen and oxygen atoms in total. The summed E-state index contributed by atoms with van der Waals surface area (Å²) < 4.78 is 0. The Morgan fingerprint density at radius 1 is 1.59 bits per heavy atom. The number of nitrogens with one attached hydrogen (secondary N) is 1. The predicted molar refractivity (Wildman–Crippen MR) is 68.5 cm³/mol. The van der Waals surface area contributed by atoms with Gasteiger partial charge in [0.1, 0.15) is 0 Å². The lowest BCUT2D eigenvalue weighted by atomic mass is 10.2.